The van der Waals surface area contributed by atoms with E-state index in [1.165, 1.54) is 11.8 Å². The lowest BCUT2D eigenvalue weighted by molar-refractivity contribution is 0.475. The highest BCUT2D eigenvalue weighted by atomic mass is 32.2. The van der Waals surface area contributed by atoms with Crippen molar-refractivity contribution in [1.29, 1.82) is 5.26 Å². The van der Waals surface area contributed by atoms with E-state index in [1.807, 2.05) is 35.9 Å². The number of hydrogen-bond acceptors (Lipinski definition) is 4. The third kappa shape index (κ3) is 2.83. The summed E-state index contributed by atoms with van der Waals surface area (Å²) in [5, 5.41) is 19.4. The molecule has 22 heavy (non-hydrogen) atoms. The third-order valence-corrected chi connectivity index (χ3v) is 4.23. The Hall–Kier alpha value is -2.71. The number of aromatic hydroxyl groups is 1. The molecule has 0 aliphatic carbocycles. The van der Waals surface area contributed by atoms with E-state index in [0.29, 0.717) is 4.91 Å². The zero-order valence-electron chi connectivity index (χ0n) is 11.9. The van der Waals surface area contributed by atoms with Crippen molar-refractivity contribution in [2.45, 2.75) is 5.16 Å². The Morgan fingerprint density at radius 2 is 1.95 bits per heavy atom. The number of aromatic nitrogens is 2. The lowest BCUT2D eigenvalue weighted by Gasteiger charge is -2.01. The standard InChI is InChI=1S/C17H13N3OS/c1-20-16-5-3-2-4-15(16)19-17(20)22-14(11-18)10-12-6-8-13(21)9-7-12/h2-10,21H,1H3/b14-10+. The molecule has 1 N–H and O–H groups in total. The smallest absolute Gasteiger partial charge is 0.174 e. The molecule has 0 saturated heterocycles. The molecule has 0 saturated carbocycles. The van der Waals surface area contributed by atoms with E-state index in [4.69, 9.17) is 0 Å². The molecule has 108 valence electrons. The summed E-state index contributed by atoms with van der Waals surface area (Å²) in [6.07, 6.45) is 1.78. The highest BCUT2D eigenvalue weighted by molar-refractivity contribution is 8.03. The first-order chi connectivity index (χ1) is 10.7. The first-order valence-electron chi connectivity index (χ1n) is 6.67. The monoisotopic (exact) mass is 307 g/mol. The molecule has 0 fully saturated rings. The topological polar surface area (TPSA) is 61.8 Å². The average Bonchev–Trinajstić information content (AvgIpc) is 2.85. The van der Waals surface area contributed by atoms with Crippen molar-refractivity contribution in [3.05, 3.63) is 59.0 Å². The predicted molar refractivity (Wildman–Crippen MR) is 88.3 cm³/mol. The van der Waals surface area contributed by atoms with Gasteiger partial charge in [0, 0.05) is 7.05 Å². The van der Waals surface area contributed by atoms with Gasteiger partial charge in [-0.1, -0.05) is 24.3 Å². The number of benzene rings is 2. The minimum atomic E-state index is 0.207. The number of para-hydroxylation sites is 2. The van der Waals surface area contributed by atoms with Gasteiger partial charge in [0.15, 0.2) is 5.16 Å². The maximum Gasteiger partial charge on any atom is 0.174 e. The van der Waals surface area contributed by atoms with E-state index in [2.05, 4.69) is 11.1 Å². The summed E-state index contributed by atoms with van der Waals surface area (Å²) in [4.78, 5) is 5.10. The summed E-state index contributed by atoms with van der Waals surface area (Å²) in [6.45, 7) is 0. The summed E-state index contributed by atoms with van der Waals surface area (Å²) < 4.78 is 1.97. The minimum absolute atomic E-state index is 0.207. The largest absolute Gasteiger partial charge is 0.508 e. The van der Waals surface area contributed by atoms with Gasteiger partial charge in [-0.15, -0.1) is 0 Å². The lowest BCUT2D eigenvalue weighted by atomic mass is 10.2. The SMILES string of the molecule is Cn1c(S/C(C#N)=C/c2ccc(O)cc2)nc2ccccc21. The number of aryl methyl sites for hydroxylation is 1. The fraction of sp³-hybridized carbons (Fsp3) is 0.0588. The van der Waals surface area contributed by atoms with Crippen LogP contribution in [0.15, 0.2) is 58.6 Å². The lowest BCUT2D eigenvalue weighted by Crippen LogP contribution is -1.90. The Morgan fingerprint density at radius 3 is 2.64 bits per heavy atom. The number of imidazole rings is 1. The van der Waals surface area contributed by atoms with E-state index in [1.54, 1.807) is 30.3 Å². The molecule has 1 heterocycles. The van der Waals surface area contributed by atoms with Crippen LogP contribution < -0.4 is 0 Å². The second kappa shape index (κ2) is 5.96. The van der Waals surface area contributed by atoms with E-state index in [-0.39, 0.29) is 5.75 Å². The van der Waals surface area contributed by atoms with E-state index >= 15 is 0 Å². The van der Waals surface area contributed by atoms with Gasteiger partial charge in [-0.25, -0.2) is 4.98 Å². The number of hydrogen-bond donors (Lipinski definition) is 1. The number of phenols is 1. The number of nitrogens with zero attached hydrogens (tertiary/aromatic N) is 3. The normalized spacial score (nSPS) is 11.5. The van der Waals surface area contributed by atoms with Crippen LogP contribution >= 0.6 is 11.8 Å². The van der Waals surface area contributed by atoms with Crippen molar-refractivity contribution >= 4 is 28.9 Å². The van der Waals surface area contributed by atoms with Crippen molar-refractivity contribution in [2.75, 3.05) is 0 Å². The molecule has 2 aromatic carbocycles. The van der Waals surface area contributed by atoms with E-state index < -0.39 is 0 Å². The first kappa shape index (κ1) is 14.2. The average molecular weight is 307 g/mol. The van der Waals surface area contributed by atoms with Crippen LogP contribution in [0.2, 0.25) is 0 Å². The molecule has 0 bridgehead atoms. The van der Waals surface area contributed by atoms with Crippen LogP contribution in [-0.2, 0) is 7.05 Å². The first-order valence-corrected chi connectivity index (χ1v) is 7.49. The van der Waals surface area contributed by atoms with Crippen LogP contribution in [0, 0.1) is 11.3 Å². The van der Waals surface area contributed by atoms with Crippen LogP contribution in [0.1, 0.15) is 5.56 Å². The molecule has 0 aliphatic heterocycles. The van der Waals surface area contributed by atoms with Crippen LogP contribution in [0.5, 0.6) is 5.75 Å². The zero-order chi connectivity index (χ0) is 15.5. The fourth-order valence-electron chi connectivity index (χ4n) is 2.12. The number of fused-ring (bicyclic) bond motifs is 1. The number of allylic oxidation sites excluding steroid dienone is 1. The second-order valence-corrected chi connectivity index (χ2v) is 5.77. The highest BCUT2D eigenvalue weighted by Crippen LogP contribution is 2.29. The fourth-order valence-corrected chi connectivity index (χ4v) is 2.94. The molecular weight excluding hydrogens is 294 g/mol. The molecule has 5 heteroatoms. The molecule has 4 nitrogen and oxygen atoms in total. The van der Waals surface area contributed by atoms with Gasteiger partial charge in [0.25, 0.3) is 0 Å². The molecule has 0 radical (unpaired) electrons. The Labute approximate surface area is 132 Å². The van der Waals surface area contributed by atoms with Crippen molar-refractivity contribution < 1.29 is 5.11 Å². The Morgan fingerprint density at radius 1 is 1.23 bits per heavy atom. The van der Waals surface area contributed by atoms with Gasteiger partial charge >= 0.3 is 0 Å². The van der Waals surface area contributed by atoms with Crippen LogP contribution in [0.25, 0.3) is 17.1 Å². The van der Waals surface area contributed by atoms with Crippen molar-refractivity contribution in [2.24, 2.45) is 7.05 Å². The maximum atomic E-state index is 9.34. The molecule has 1 aromatic heterocycles. The minimum Gasteiger partial charge on any atom is -0.508 e. The van der Waals surface area contributed by atoms with Crippen LogP contribution in [0.3, 0.4) is 0 Å². The molecule has 3 aromatic rings. The van der Waals surface area contributed by atoms with Crippen LogP contribution in [-0.4, -0.2) is 14.7 Å². The van der Waals surface area contributed by atoms with Crippen molar-refractivity contribution in [1.82, 2.24) is 9.55 Å². The number of nitriles is 1. The summed E-state index contributed by atoms with van der Waals surface area (Å²) in [6, 6.07) is 16.8. The van der Waals surface area contributed by atoms with Gasteiger partial charge in [-0.05, 0) is 47.7 Å². The summed E-state index contributed by atoms with van der Waals surface area (Å²) in [7, 11) is 1.94. The van der Waals surface area contributed by atoms with Crippen LogP contribution in [0.4, 0.5) is 0 Å². The Balaban J connectivity index is 1.93. The Bertz CT molecular complexity index is 888. The predicted octanol–water partition coefficient (Wildman–Crippen LogP) is 3.94. The number of phenolic OH excluding ortho intramolecular Hbond substituents is 1. The van der Waals surface area contributed by atoms with E-state index in [0.717, 1.165) is 21.8 Å². The van der Waals surface area contributed by atoms with Crippen molar-refractivity contribution in [3.63, 3.8) is 0 Å². The molecule has 3 rings (SSSR count). The van der Waals surface area contributed by atoms with Crippen molar-refractivity contribution in [3.8, 4) is 11.8 Å². The van der Waals surface area contributed by atoms with Gasteiger partial charge < -0.3 is 9.67 Å². The molecule has 0 amide bonds. The van der Waals surface area contributed by atoms with Gasteiger partial charge in [-0.2, -0.15) is 5.26 Å². The molecular formula is C17H13N3OS. The number of rotatable bonds is 3. The summed E-state index contributed by atoms with van der Waals surface area (Å²) >= 11 is 1.33. The maximum absolute atomic E-state index is 9.34. The summed E-state index contributed by atoms with van der Waals surface area (Å²) in [5.74, 6) is 0.207. The van der Waals surface area contributed by atoms with Gasteiger partial charge in [0.2, 0.25) is 0 Å². The molecule has 0 aliphatic rings. The third-order valence-electron chi connectivity index (χ3n) is 3.25. The molecule has 0 atom stereocenters. The summed E-state index contributed by atoms with van der Waals surface area (Å²) in [5.41, 5.74) is 2.81. The second-order valence-electron chi connectivity index (χ2n) is 4.76. The van der Waals surface area contributed by atoms with E-state index in [9.17, 15) is 10.4 Å². The van der Waals surface area contributed by atoms with Gasteiger partial charge in [0.05, 0.1) is 15.9 Å². The number of thioether (sulfide) groups is 1. The quantitative estimate of drug-likeness (QED) is 0.588. The zero-order valence-corrected chi connectivity index (χ0v) is 12.7. The molecule has 0 unspecified atom stereocenters. The molecule has 0 spiro atoms. The van der Waals surface area contributed by atoms with Gasteiger partial charge in [0.1, 0.15) is 11.8 Å². The highest BCUT2D eigenvalue weighted by Gasteiger charge is 2.10. The Kier molecular flexibility index (Phi) is 3.86. The van der Waals surface area contributed by atoms with Gasteiger partial charge in [-0.3, -0.25) is 0 Å².